The maximum absolute atomic E-state index is 13.7. The number of hydrogen-bond acceptors (Lipinski definition) is 4. The number of nitrogens with zero attached hydrogens (tertiary/aromatic N) is 1. The highest BCUT2D eigenvalue weighted by Crippen LogP contribution is 2.19. The van der Waals surface area contributed by atoms with Crippen molar-refractivity contribution in [3.63, 3.8) is 0 Å². The Hall–Kier alpha value is -1.79. The van der Waals surface area contributed by atoms with Crippen molar-refractivity contribution in [3.05, 3.63) is 62.1 Å². The molecule has 4 nitrogen and oxygen atoms in total. The van der Waals surface area contributed by atoms with Gasteiger partial charge in [0.25, 0.3) is 0 Å². The average Bonchev–Trinajstić information content (AvgIpc) is 2.89. The zero-order valence-corrected chi connectivity index (χ0v) is 11.0. The molecule has 0 saturated heterocycles. The van der Waals surface area contributed by atoms with Crippen LogP contribution < -0.4 is 5.32 Å². The molecular weight excluding hydrogens is 267 g/mol. The number of hydrogen-bond donors (Lipinski definition) is 1. The van der Waals surface area contributed by atoms with Crippen molar-refractivity contribution in [2.45, 2.75) is 13.0 Å². The Morgan fingerprint density at radius 1 is 1.37 bits per heavy atom. The van der Waals surface area contributed by atoms with E-state index < -0.39 is 16.4 Å². The van der Waals surface area contributed by atoms with Gasteiger partial charge >= 0.3 is 5.69 Å². The van der Waals surface area contributed by atoms with Crippen LogP contribution >= 0.6 is 11.3 Å². The molecule has 0 bridgehead atoms. The molecule has 0 amide bonds. The van der Waals surface area contributed by atoms with Gasteiger partial charge in [0.2, 0.25) is 5.82 Å². The van der Waals surface area contributed by atoms with Gasteiger partial charge in [0, 0.05) is 18.2 Å². The number of thiophene rings is 1. The summed E-state index contributed by atoms with van der Waals surface area (Å²) in [5.74, 6) is -0.754. The van der Waals surface area contributed by atoms with E-state index in [1.165, 1.54) is 17.7 Å². The van der Waals surface area contributed by atoms with Crippen molar-refractivity contribution in [2.75, 3.05) is 6.54 Å². The van der Waals surface area contributed by atoms with Crippen molar-refractivity contribution in [1.82, 2.24) is 5.32 Å². The highest BCUT2D eigenvalue weighted by atomic mass is 32.1. The summed E-state index contributed by atoms with van der Waals surface area (Å²) in [5, 5.41) is 17.8. The number of nitro benzene ring substituents is 1. The largest absolute Gasteiger partial charge is 0.312 e. The highest BCUT2D eigenvalue weighted by Gasteiger charge is 2.16. The van der Waals surface area contributed by atoms with Crippen LogP contribution in [0.1, 0.15) is 11.1 Å². The molecule has 1 N–H and O–H groups in total. The summed E-state index contributed by atoms with van der Waals surface area (Å²) in [7, 11) is 0. The van der Waals surface area contributed by atoms with Crippen LogP contribution in [0, 0.1) is 15.9 Å². The number of nitrogens with one attached hydrogen (secondary N) is 1. The van der Waals surface area contributed by atoms with Crippen LogP contribution in [0.5, 0.6) is 0 Å². The minimum Gasteiger partial charge on any atom is -0.312 e. The zero-order valence-electron chi connectivity index (χ0n) is 10.1. The molecule has 0 fully saturated rings. The van der Waals surface area contributed by atoms with Gasteiger partial charge < -0.3 is 5.32 Å². The molecule has 1 aromatic carbocycles. The van der Waals surface area contributed by atoms with E-state index in [1.54, 1.807) is 17.4 Å². The normalized spacial score (nSPS) is 10.6. The lowest BCUT2D eigenvalue weighted by atomic mass is 10.2. The first-order valence-corrected chi connectivity index (χ1v) is 6.76. The lowest BCUT2D eigenvalue weighted by Crippen LogP contribution is -2.17. The van der Waals surface area contributed by atoms with Crippen LogP contribution in [0.4, 0.5) is 10.1 Å². The van der Waals surface area contributed by atoms with Gasteiger partial charge in [0.15, 0.2) is 0 Å². The number of rotatable bonds is 6. The van der Waals surface area contributed by atoms with Crippen LogP contribution in [0.25, 0.3) is 0 Å². The van der Waals surface area contributed by atoms with Crippen molar-refractivity contribution in [2.24, 2.45) is 0 Å². The number of halogens is 1. The smallest absolute Gasteiger partial charge is 0.305 e. The van der Waals surface area contributed by atoms with Crippen molar-refractivity contribution < 1.29 is 9.31 Å². The van der Waals surface area contributed by atoms with E-state index in [0.29, 0.717) is 12.1 Å². The molecule has 0 aliphatic heterocycles. The van der Waals surface area contributed by atoms with Crippen LogP contribution in [-0.2, 0) is 13.0 Å². The summed E-state index contributed by atoms with van der Waals surface area (Å²) < 4.78 is 13.7. The summed E-state index contributed by atoms with van der Waals surface area (Å²) >= 11 is 1.64. The third kappa shape index (κ3) is 3.59. The fraction of sp³-hybridized carbons (Fsp3) is 0.231. The lowest BCUT2D eigenvalue weighted by Gasteiger charge is -2.05. The van der Waals surface area contributed by atoms with Crippen LogP contribution in [0.3, 0.4) is 0 Å². The quantitative estimate of drug-likeness (QED) is 0.502. The van der Waals surface area contributed by atoms with E-state index in [2.05, 4.69) is 10.7 Å². The predicted octanol–water partition coefficient (Wildman–Crippen LogP) is 3.13. The Bertz CT molecular complexity index is 558. The van der Waals surface area contributed by atoms with Crippen LogP contribution in [0.15, 0.2) is 35.0 Å². The molecule has 0 spiro atoms. The minimum atomic E-state index is -0.754. The maximum Gasteiger partial charge on any atom is 0.305 e. The monoisotopic (exact) mass is 280 g/mol. The van der Waals surface area contributed by atoms with Crippen molar-refractivity contribution in [3.8, 4) is 0 Å². The molecule has 0 radical (unpaired) electrons. The molecule has 100 valence electrons. The van der Waals surface area contributed by atoms with E-state index in [9.17, 15) is 14.5 Å². The zero-order chi connectivity index (χ0) is 13.7. The Balaban J connectivity index is 1.89. The van der Waals surface area contributed by atoms with Crippen molar-refractivity contribution >= 4 is 17.0 Å². The fourth-order valence-corrected chi connectivity index (χ4v) is 2.44. The van der Waals surface area contributed by atoms with Crippen LogP contribution in [-0.4, -0.2) is 11.5 Å². The number of nitro groups is 1. The summed E-state index contributed by atoms with van der Waals surface area (Å²) in [4.78, 5) is 9.90. The Morgan fingerprint density at radius 2 is 2.21 bits per heavy atom. The molecule has 0 saturated carbocycles. The van der Waals surface area contributed by atoms with E-state index >= 15 is 0 Å². The SMILES string of the molecule is O=[N+]([O-])c1cccc(CNCCc2ccsc2)c1F. The molecule has 0 aliphatic carbocycles. The van der Waals surface area contributed by atoms with E-state index in [0.717, 1.165) is 6.42 Å². The Morgan fingerprint density at radius 3 is 2.89 bits per heavy atom. The van der Waals surface area contributed by atoms with Gasteiger partial charge in [0.05, 0.1) is 4.92 Å². The van der Waals surface area contributed by atoms with Gasteiger partial charge in [-0.15, -0.1) is 0 Å². The van der Waals surface area contributed by atoms with Crippen LogP contribution in [0.2, 0.25) is 0 Å². The fourth-order valence-electron chi connectivity index (χ4n) is 1.73. The van der Waals surface area contributed by atoms with E-state index in [-0.39, 0.29) is 6.54 Å². The molecule has 1 heterocycles. The lowest BCUT2D eigenvalue weighted by molar-refractivity contribution is -0.387. The van der Waals surface area contributed by atoms with Gasteiger partial charge in [-0.2, -0.15) is 15.7 Å². The summed E-state index contributed by atoms with van der Waals surface area (Å²) in [6.45, 7) is 0.997. The van der Waals surface area contributed by atoms with E-state index in [1.807, 2.05) is 11.4 Å². The Kier molecular flexibility index (Phi) is 4.59. The molecule has 0 aliphatic rings. The second kappa shape index (κ2) is 6.40. The Labute approximate surface area is 114 Å². The first-order valence-electron chi connectivity index (χ1n) is 5.82. The molecule has 1 aromatic heterocycles. The number of benzene rings is 1. The molecule has 6 heteroatoms. The summed E-state index contributed by atoms with van der Waals surface area (Å²) in [6, 6.07) is 6.27. The molecular formula is C13H13FN2O2S. The maximum atomic E-state index is 13.7. The van der Waals surface area contributed by atoms with Gasteiger partial charge in [-0.25, -0.2) is 0 Å². The first kappa shape index (κ1) is 13.6. The van der Waals surface area contributed by atoms with Gasteiger partial charge in [-0.1, -0.05) is 12.1 Å². The van der Waals surface area contributed by atoms with Gasteiger partial charge in [0.1, 0.15) is 0 Å². The second-order valence-corrected chi connectivity index (χ2v) is 4.85. The topological polar surface area (TPSA) is 55.2 Å². The summed E-state index contributed by atoms with van der Waals surface area (Å²) in [6.07, 6.45) is 0.861. The summed E-state index contributed by atoms with van der Waals surface area (Å²) in [5.41, 5.74) is 1.08. The highest BCUT2D eigenvalue weighted by molar-refractivity contribution is 7.07. The standard InChI is InChI=1S/C13H13FN2O2S/c14-13-11(2-1-3-12(13)16(17)18)8-15-6-4-10-5-7-19-9-10/h1-3,5,7,9,15H,4,6,8H2. The molecule has 0 atom stereocenters. The molecule has 0 unspecified atom stereocenters. The second-order valence-electron chi connectivity index (χ2n) is 4.07. The molecule has 2 rings (SSSR count). The third-order valence-corrected chi connectivity index (χ3v) is 3.47. The first-order chi connectivity index (χ1) is 9.18. The predicted molar refractivity (Wildman–Crippen MR) is 72.8 cm³/mol. The van der Waals surface area contributed by atoms with Gasteiger partial charge in [-0.3, -0.25) is 10.1 Å². The van der Waals surface area contributed by atoms with Gasteiger partial charge in [-0.05, 0) is 35.4 Å². The van der Waals surface area contributed by atoms with E-state index in [4.69, 9.17) is 0 Å². The molecule has 2 aromatic rings. The molecule has 19 heavy (non-hydrogen) atoms. The third-order valence-electron chi connectivity index (χ3n) is 2.74. The minimum absolute atomic E-state index is 0.289. The average molecular weight is 280 g/mol. The van der Waals surface area contributed by atoms with Crippen molar-refractivity contribution in [1.29, 1.82) is 0 Å².